The van der Waals surface area contributed by atoms with E-state index in [1.807, 2.05) is 23.6 Å². The number of nitrogens with one attached hydrogen (secondary N) is 2. The lowest BCUT2D eigenvalue weighted by molar-refractivity contribution is -0.115. The van der Waals surface area contributed by atoms with Crippen LogP contribution in [0.3, 0.4) is 0 Å². The Morgan fingerprint density at radius 1 is 1.33 bits per heavy atom. The third kappa shape index (κ3) is 5.05. The lowest BCUT2D eigenvalue weighted by atomic mass is 10.1. The van der Waals surface area contributed by atoms with Crippen molar-refractivity contribution in [2.45, 2.75) is 58.5 Å². The number of thiocarbonyl (C=S) groups is 1. The van der Waals surface area contributed by atoms with E-state index in [0.717, 1.165) is 23.4 Å². The van der Waals surface area contributed by atoms with Gasteiger partial charge in [0.15, 0.2) is 10.2 Å². The van der Waals surface area contributed by atoms with Crippen molar-refractivity contribution in [2.24, 2.45) is 0 Å². The zero-order valence-electron chi connectivity index (χ0n) is 15.8. The second kappa shape index (κ2) is 9.28. The minimum absolute atomic E-state index is 0.0387. The molecule has 1 aliphatic carbocycles. The molecule has 1 fully saturated rings. The van der Waals surface area contributed by atoms with Crippen LogP contribution >= 0.6 is 23.6 Å². The van der Waals surface area contributed by atoms with E-state index in [1.165, 1.54) is 37.0 Å². The zero-order valence-corrected chi connectivity index (χ0v) is 17.5. The minimum atomic E-state index is -0.0387. The van der Waals surface area contributed by atoms with Gasteiger partial charge in [-0.15, -0.1) is 11.3 Å². The maximum atomic E-state index is 12.3. The van der Waals surface area contributed by atoms with Gasteiger partial charge in [0, 0.05) is 18.3 Å². The summed E-state index contributed by atoms with van der Waals surface area (Å²) in [5, 5.41) is 9.94. The molecule has 3 rings (SSSR count). The number of thiazole rings is 1. The first-order valence-corrected chi connectivity index (χ1v) is 10.7. The Bertz CT molecular complexity index is 799. The second-order valence-corrected chi connectivity index (χ2v) is 8.01. The van der Waals surface area contributed by atoms with Crippen molar-refractivity contribution < 1.29 is 4.79 Å². The number of carbonyl (C=O) groups is 1. The lowest BCUT2D eigenvalue weighted by Gasteiger charge is -2.21. The first-order valence-electron chi connectivity index (χ1n) is 9.46. The van der Waals surface area contributed by atoms with Crippen LogP contribution in [-0.2, 0) is 17.8 Å². The molecule has 0 radical (unpaired) electrons. The second-order valence-electron chi connectivity index (χ2n) is 6.77. The minimum Gasteiger partial charge on any atom is -0.360 e. The van der Waals surface area contributed by atoms with Gasteiger partial charge in [-0.05, 0) is 43.1 Å². The van der Waals surface area contributed by atoms with E-state index in [4.69, 9.17) is 12.2 Å². The highest BCUT2D eigenvalue weighted by Gasteiger charge is 2.20. The molecule has 1 aliphatic rings. The van der Waals surface area contributed by atoms with Gasteiger partial charge >= 0.3 is 0 Å². The molecule has 2 aromatic rings. The number of anilines is 2. The van der Waals surface area contributed by atoms with E-state index in [0.29, 0.717) is 22.8 Å². The molecule has 5 nitrogen and oxygen atoms in total. The largest absolute Gasteiger partial charge is 0.360 e. The molecule has 1 aromatic heterocycles. The van der Waals surface area contributed by atoms with Crippen molar-refractivity contribution in [1.82, 2.24) is 15.6 Å². The lowest BCUT2D eigenvalue weighted by Crippen LogP contribution is -2.40. The molecule has 1 amide bonds. The molecule has 7 heteroatoms. The molecule has 2 N–H and O–H groups in total. The van der Waals surface area contributed by atoms with Gasteiger partial charge in [0.2, 0.25) is 5.91 Å². The molecule has 1 aromatic carbocycles. The van der Waals surface area contributed by atoms with E-state index in [2.05, 4.69) is 28.6 Å². The molecule has 0 spiro atoms. The van der Waals surface area contributed by atoms with Gasteiger partial charge in [0.25, 0.3) is 0 Å². The maximum absolute atomic E-state index is 12.3. The predicted octanol–water partition coefficient (Wildman–Crippen LogP) is 4.30. The number of benzene rings is 1. The monoisotopic (exact) mass is 402 g/mol. The Morgan fingerprint density at radius 3 is 2.78 bits per heavy atom. The summed E-state index contributed by atoms with van der Waals surface area (Å²) in [5.41, 5.74) is 2.91. The van der Waals surface area contributed by atoms with E-state index >= 15 is 0 Å². The Balaban J connectivity index is 1.67. The fraction of sp³-hybridized carbons (Fsp3) is 0.450. The summed E-state index contributed by atoms with van der Waals surface area (Å²) in [6.45, 7) is 4.22. The summed E-state index contributed by atoms with van der Waals surface area (Å²) in [5.74, 6) is -0.0387. The summed E-state index contributed by atoms with van der Waals surface area (Å²) in [6.07, 6.45) is 5.78. The van der Waals surface area contributed by atoms with Crippen molar-refractivity contribution >= 4 is 45.4 Å². The van der Waals surface area contributed by atoms with Gasteiger partial charge in [-0.25, -0.2) is 4.98 Å². The summed E-state index contributed by atoms with van der Waals surface area (Å²) >= 11 is 6.86. The first kappa shape index (κ1) is 19.8. The van der Waals surface area contributed by atoms with Crippen LogP contribution in [0.15, 0.2) is 29.6 Å². The third-order valence-corrected chi connectivity index (χ3v) is 5.92. The van der Waals surface area contributed by atoms with Crippen LogP contribution in [0.5, 0.6) is 0 Å². The molecule has 1 saturated carbocycles. The van der Waals surface area contributed by atoms with Crippen LogP contribution < -0.4 is 15.5 Å². The highest BCUT2D eigenvalue weighted by atomic mass is 32.1. The van der Waals surface area contributed by atoms with Crippen LogP contribution in [0.4, 0.5) is 10.8 Å². The molecule has 0 bridgehead atoms. The molecular formula is C20H26N4OS2. The molecule has 27 heavy (non-hydrogen) atoms. The summed E-state index contributed by atoms with van der Waals surface area (Å²) < 4.78 is 0. The number of rotatable bonds is 6. The van der Waals surface area contributed by atoms with Gasteiger partial charge in [0.1, 0.15) is 0 Å². The van der Waals surface area contributed by atoms with Gasteiger partial charge in [-0.3, -0.25) is 9.69 Å². The fourth-order valence-corrected chi connectivity index (χ4v) is 4.51. The molecule has 0 saturated heterocycles. The van der Waals surface area contributed by atoms with Gasteiger partial charge in [0.05, 0.1) is 17.9 Å². The number of para-hydroxylation sites is 1. The number of aromatic nitrogens is 1. The third-order valence-electron chi connectivity index (χ3n) is 4.78. The summed E-state index contributed by atoms with van der Waals surface area (Å²) in [7, 11) is 0. The smallest absolute Gasteiger partial charge is 0.230 e. The van der Waals surface area contributed by atoms with Crippen LogP contribution in [0.25, 0.3) is 0 Å². The topological polar surface area (TPSA) is 57.3 Å². The highest BCUT2D eigenvalue weighted by molar-refractivity contribution is 7.80. The van der Waals surface area contributed by atoms with Crippen LogP contribution in [-0.4, -0.2) is 22.0 Å². The number of nitrogens with zero attached hydrogens (tertiary/aromatic N) is 2. The Morgan fingerprint density at radius 2 is 2.07 bits per heavy atom. The van der Waals surface area contributed by atoms with E-state index in [-0.39, 0.29) is 5.91 Å². The number of amides is 1. The summed E-state index contributed by atoms with van der Waals surface area (Å²) in [4.78, 5) is 18.7. The van der Waals surface area contributed by atoms with E-state index in [1.54, 1.807) is 11.8 Å². The first-order chi connectivity index (χ1) is 13.1. The van der Waals surface area contributed by atoms with Gasteiger partial charge in [-0.2, -0.15) is 0 Å². The molecule has 144 valence electrons. The highest BCUT2D eigenvalue weighted by Crippen LogP contribution is 2.31. The maximum Gasteiger partial charge on any atom is 0.230 e. The Labute approximate surface area is 170 Å². The van der Waals surface area contributed by atoms with Crippen molar-refractivity contribution in [3.8, 4) is 0 Å². The van der Waals surface area contributed by atoms with Crippen LogP contribution in [0, 0.1) is 0 Å². The Kier molecular flexibility index (Phi) is 6.79. The average Bonchev–Trinajstić information content (AvgIpc) is 3.32. The Hall–Kier alpha value is -1.99. The van der Waals surface area contributed by atoms with Crippen molar-refractivity contribution in [3.63, 3.8) is 0 Å². The summed E-state index contributed by atoms with van der Waals surface area (Å²) in [6, 6.07) is 8.47. The quantitative estimate of drug-likeness (QED) is 0.706. The van der Waals surface area contributed by atoms with Gasteiger partial charge in [-0.1, -0.05) is 38.0 Å². The number of hydrogen-bond acceptors (Lipinski definition) is 4. The number of aryl methyl sites for hydroxylation is 1. The molecule has 0 aliphatic heterocycles. The predicted molar refractivity (Wildman–Crippen MR) is 116 cm³/mol. The average molecular weight is 403 g/mol. The van der Waals surface area contributed by atoms with E-state index < -0.39 is 0 Å². The molecule has 0 unspecified atom stereocenters. The van der Waals surface area contributed by atoms with Crippen LogP contribution in [0.1, 0.15) is 50.8 Å². The van der Waals surface area contributed by atoms with Crippen molar-refractivity contribution in [3.05, 3.63) is 40.9 Å². The van der Waals surface area contributed by atoms with Crippen molar-refractivity contribution in [2.75, 3.05) is 4.90 Å². The van der Waals surface area contributed by atoms with Gasteiger partial charge < -0.3 is 10.6 Å². The fourth-order valence-electron chi connectivity index (χ4n) is 3.39. The standard InChI is InChI=1S/C20H26N4OS2/c1-3-15-8-4-7-11-18(15)24(14(2)25)20-23-17(13-27-20)12-21-19(26)22-16-9-5-6-10-16/h4,7-8,11,13,16H,3,5-6,9-10,12H2,1-2H3,(H2,21,22,26). The zero-order chi connectivity index (χ0) is 19.2. The number of hydrogen-bond donors (Lipinski definition) is 2. The van der Waals surface area contributed by atoms with Crippen LogP contribution in [0.2, 0.25) is 0 Å². The van der Waals surface area contributed by atoms with Crippen molar-refractivity contribution in [1.29, 1.82) is 0 Å². The molecule has 0 atom stereocenters. The van der Waals surface area contributed by atoms with E-state index in [9.17, 15) is 4.79 Å². The molecular weight excluding hydrogens is 376 g/mol. The normalized spacial score (nSPS) is 14.1. The SMILES string of the molecule is CCc1ccccc1N(C(C)=O)c1nc(CNC(=S)NC2CCCC2)cs1. The number of carbonyl (C=O) groups excluding carboxylic acids is 1. The molecule has 1 heterocycles.